The average molecular weight is 339 g/mol. The monoisotopic (exact) mass is 338 g/mol. The van der Waals surface area contributed by atoms with E-state index in [1.807, 2.05) is 32.0 Å². The van der Waals surface area contributed by atoms with Crippen LogP contribution >= 0.6 is 15.9 Å². The van der Waals surface area contributed by atoms with Gasteiger partial charge in [0.15, 0.2) is 17.4 Å². The van der Waals surface area contributed by atoms with Crippen molar-refractivity contribution in [2.45, 2.75) is 20.3 Å². The van der Waals surface area contributed by atoms with E-state index in [0.717, 1.165) is 22.8 Å². The van der Waals surface area contributed by atoms with Crippen LogP contribution in [0.5, 0.6) is 0 Å². The van der Waals surface area contributed by atoms with Gasteiger partial charge in [0.1, 0.15) is 0 Å². The van der Waals surface area contributed by atoms with Crippen LogP contribution in [-0.4, -0.2) is 5.78 Å². The zero-order valence-corrected chi connectivity index (χ0v) is 12.7. The minimum atomic E-state index is -1.03. The number of carbonyl (C=O) groups excluding carboxylic acids is 1. The van der Waals surface area contributed by atoms with Gasteiger partial charge in [0.25, 0.3) is 0 Å². The number of aryl methyl sites for hydroxylation is 2. The van der Waals surface area contributed by atoms with Gasteiger partial charge in [-0.3, -0.25) is 4.79 Å². The van der Waals surface area contributed by atoms with Gasteiger partial charge in [0, 0.05) is 12.0 Å². The fourth-order valence-electron chi connectivity index (χ4n) is 2.00. The van der Waals surface area contributed by atoms with Crippen LogP contribution in [0.4, 0.5) is 8.78 Å². The van der Waals surface area contributed by atoms with E-state index in [4.69, 9.17) is 0 Å². The molecule has 2 aromatic rings. The summed E-state index contributed by atoms with van der Waals surface area (Å²) in [7, 11) is 0. The number of hydrogen-bond donors (Lipinski definition) is 0. The van der Waals surface area contributed by atoms with Gasteiger partial charge in [-0.2, -0.15) is 0 Å². The number of Topliss-reactive ketones (excluding diaryl/α,β-unsaturated/α-hetero) is 1. The summed E-state index contributed by atoms with van der Waals surface area (Å²) in [6, 6.07) is 8.11. The number of benzene rings is 2. The molecule has 0 saturated carbocycles. The fraction of sp³-hybridized carbons (Fsp3) is 0.188. The molecule has 104 valence electrons. The van der Waals surface area contributed by atoms with Gasteiger partial charge < -0.3 is 0 Å². The van der Waals surface area contributed by atoms with Crippen molar-refractivity contribution in [2.75, 3.05) is 0 Å². The van der Waals surface area contributed by atoms with Crippen molar-refractivity contribution in [3.05, 3.63) is 68.7 Å². The van der Waals surface area contributed by atoms with Crippen LogP contribution < -0.4 is 0 Å². The second-order valence-electron chi connectivity index (χ2n) is 4.75. The van der Waals surface area contributed by atoms with Gasteiger partial charge in [0.05, 0.1) is 4.47 Å². The maximum Gasteiger partial charge on any atom is 0.173 e. The van der Waals surface area contributed by atoms with Crippen LogP contribution in [0.1, 0.15) is 27.0 Å². The molecule has 0 radical (unpaired) electrons. The molecule has 0 unspecified atom stereocenters. The second kappa shape index (κ2) is 5.83. The molecular formula is C16H13BrF2O. The third-order valence-corrected chi connectivity index (χ3v) is 3.97. The summed E-state index contributed by atoms with van der Waals surface area (Å²) in [5, 5.41) is 0. The molecule has 0 atom stereocenters. The molecule has 20 heavy (non-hydrogen) atoms. The molecule has 2 rings (SSSR count). The lowest BCUT2D eigenvalue weighted by Gasteiger charge is -2.08. The first-order valence-electron chi connectivity index (χ1n) is 6.13. The quantitative estimate of drug-likeness (QED) is 0.582. The summed E-state index contributed by atoms with van der Waals surface area (Å²) >= 11 is 2.94. The lowest BCUT2D eigenvalue weighted by atomic mass is 9.98. The number of halogens is 3. The Hall–Kier alpha value is -1.55. The maximum atomic E-state index is 13.5. The predicted molar refractivity (Wildman–Crippen MR) is 78.0 cm³/mol. The van der Waals surface area contributed by atoms with E-state index in [1.54, 1.807) is 0 Å². The Morgan fingerprint density at radius 2 is 1.85 bits per heavy atom. The molecule has 0 aromatic heterocycles. The molecule has 4 heteroatoms. The van der Waals surface area contributed by atoms with Crippen LogP contribution in [-0.2, 0) is 6.42 Å². The Bertz CT molecular complexity index is 680. The van der Waals surface area contributed by atoms with Gasteiger partial charge in [-0.05, 0) is 53.0 Å². The van der Waals surface area contributed by atoms with Crippen LogP contribution in [0, 0.1) is 25.5 Å². The standard InChI is InChI=1S/C16H13BrF2O/c1-9-3-4-10(2)11(7-9)8-14(20)12-5-6-13(18)16(19)15(12)17/h3-7H,8H2,1-2H3. The topological polar surface area (TPSA) is 17.1 Å². The Morgan fingerprint density at radius 1 is 1.15 bits per heavy atom. The van der Waals surface area contributed by atoms with Crippen molar-refractivity contribution in [2.24, 2.45) is 0 Å². The molecule has 2 aromatic carbocycles. The molecule has 0 spiro atoms. The molecule has 0 aliphatic rings. The van der Waals surface area contributed by atoms with E-state index >= 15 is 0 Å². The van der Waals surface area contributed by atoms with Crippen molar-refractivity contribution in [3.63, 3.8) is 0 Å². The lowest BCUT2D eigenvalue weighted by Crippen LogP contribution is -2.07. The highest BCUT2D eigenvalue weighted by molar-refractivity contribution is 9.10. The van der Waals surface area contributed by atoms with Gasteiger partial charge in [-0.15, -0.1) is 0 Å². The average Bonchev–Trinajstić information content (AvgIpc) is 2.40. The van der Waals surface area contributed by atoms with Gasteiger partial charge in [0.2, 0.25) is 0 Å². The highest BCUT2D eigenvalue weighted by Gasteiger charge is 2.17. The number of hydrogen-bond acceptors (Lipinski definition) is 1. The third-order valence-electron chi connectivity index (χ3n) is 3.19. The normalized spacial score (nSPS) is 10.7. The molecule has 0 N–H and O–H groups in total. The number of ketones is 1. The van der Waals surface area contributed by atoms with Crippen LogP contribution in [0.2, 0.25) is 0 Å². The highest BCUT2D eigenvalue weighted by Crippen LogP contribution is 2.25. The fourth-order valence-corrected chi connectivity index (χ4v) is 2.54. The van der Waals surface area contributed by atoms with E-state index in [2.05, 4.69) is 15.9 Å². The first-order chi connectivity index (χ1) is 9.40. The summed E-state index contributed by atoms with van der Waals surface area (Å²) in [4.78, 5) is 12.2. The van der Waals surface area contributed by atoms with E-state index in [1.165, 1.54) is 6.07 Å². The van der Waals surface area contributed by atoms with Crippen molar-refractivity contribution in [1.29, 1.82) is 0 Å². The zero-order chi connectivity index (χ0) is 14.9. The van der Waals surface area contributed by atoms with Gasteiger partial charge in [-0.1, -0.05) is 23.8 Å². The number of rotatable bonds is 3. The van der Waals surface area contributed by atoms with Gasteiger partial charge in [-0.25, -0.2) is 8.78 Å². The van der Waals surface area contributed by atoms with Gasteiger partial charge >= 0.3 is 0 Å². The molecule has 1 nitrogen and oxygen atoms in total. The van der Waals surface area contributed by atoms with E-state index < -0.39 is 11.6 Å². The second-order valence-corrected chi connectivity index (χ2v) is 5.55. The van der Waals surface area contributed by atoms with Crippen molar-refractivity contribution in [3.8, 4) is 0 Å². The summed E-state index contributed by atoms with van der Waals surface area (Å²) in [5.74, 6) is -2.25. The Morgan fingerprint density at radius 3 is 2.55 bits per heavy atom. The first-order valence-corrected chi connectivity index (χ1v) is 6.92. The molecular weight excluding hydrogens is 326 g/mol. The Labute approximate surface area is 124 Å². The van der Waals surface area contributed by atoms with E-state index in [0.29, 0.717) is 0 Å². The molecule has 0 aliphatic heterocycles. The largest absolute Gasteiger partial charge is 0.294 e. The predicted octanol–water partition coefficient (Wildman–Crippen LogP) is 4.77. The Balaban J connectivity index is 2.33. The van der Waals surface area contributed by atoms with Crippen LogP contribution in [0.15, 0.2) is 34.8 Å². The third kappa shape index (κ3) is 2.96. The molecule has 0 fully saturated rings. The van der Waals surface area contributed by atoms with Crippen molar-refractivity contribution in [1.82, 2.24) is 0 Å². The summed E-state index contributed by atoms with van der Waals surface area (Å²) in [5.41, 5.74) is 3.11. The van der Waals surface area contributed by atoms with Crippen molar-refractivity contribution < 1.29 is 13.6 Å². The smallest absolute Gasteiger partial charge is 0.173 e. The van der Waals surface area contributed by atoms with E-state index in [-0.39, 0.29) is 22.2 Å². The minimum Gasteiger partial charge on any atom is -0.294 e. The molecule has 0 heterocycles. The molecule has 0 aliphatic carbocycles. The number of carbonyl (C=O) groups is 1. The van der Waals surface area contributed by atoms with Crippen molar-refractivity contribution >= 4 is 21.7 Å². The van der Waals surface area contributed by atoms with Crippen LogP contribution in [0.3, 0.4) is 0 Å². The summed E-state index contributed by atoms with van der Waals surface area (Å²) in [6.45, 7) is 3.86. The van der Waals surface area contributed by atoms with Crippen LogP contribution in [0.25, 0.3) is 0 Å². The van der Waals surface area contributed by atoms with E-state index in [9.17, 15) is 13.6 Å². The maximum absolute atomic E-state index is 13.5. The minimum absolute atomic E-state index is 0.118. The Kier molecular flexibility index (Phi) is 4.33. The molecule has 0 amide bonds. The highest BCUT2D eigenvalue weighted by atomic mass is 79.9. The SMILES string of the molecule is Cc1ccc(C)c(CC(=O)c2ccc(F)c(F)c2Br)c1. The summed E-state index contributed by atoms with van der Waals surface area (Å²) in [6.07, 6.45) is 0.164. The lowest BCUT2D eigenvalue weighted by molar-refractivity contribution is 0.0991. The first kappa shape index (κ1) is 14.9. The zero-order valence-electron chi connectivity index (χ0n) is 11.1. The molecule has 0 saturated heterocycles. The molecule has 0 bridgehead atoms. The summed E-state index contributed by atoms with van der Waals surface area (Å²) < 4.78 is 26.4.